The predicted octanol–water partition coefficient (Wildman–Crippen LogP) is 3.79. The van der Waals surface area contributed by atoms with Gasteiger partial charge < -0.3 is 15.4 Å². The van der Waals surface area contributed by atoms with Gasteiger partial charge in [-0.15, -0.1) is 0 Å². The molecule has 2 N–H and O–H groups in total. The lowest BCUT2D eigenvalue weighted by Crippen LogP contribution is -2.43. The van der Waals surface area contributed by atoms with Crippen LogP contribution in [0.2, 0.25) is 0 Å². The minimum atomic E-state index is -0.228. The molecule has 1 aliphatic carbocycles. The molecule has 134 valence electrons. The van der Waals surface area contributed by atoms with Crippen LogP contribution >= 0.6 is 0 Å². The molecule has 0 aliphatic heterocycles. The molecule has 1 saturated carbocycles. The highest BCUT2D eigenvalue weighted by Crippen LogP contribution is 2.18. The number of benzene rings is 1. The lowest BCUT2D eigenvalue weighted by Gasteiger charge is -2.20. The van der Waals surface area contributed by atoms with Gasteiger partial charge in [-0.3, -0.25) is 4.79 Å². The highest BCUT2D eigenvalue weighted by Gasteiger charge is 2.14. The maximum Gasteiger partial charge on any atom is 0.258 e. The van der Waals surface area contributed by atoms with Crippen LogP contribution in [-0.2, 0) is 11.3 Å². The molecule has 24 heavy (non-hydrogen) atoms. The van der Waals surface area contributed by atoms with Crippen molar-refractivity contribution in [2.45, 2.75) is 77.4 Å². The average Bonchev–Trinajstić information content (AvgIpc) is 2.79. The highest BCUT2D eigenvalue weighted by molar-refractivity contribution is 5.78. The van der Waals surface area contributed by atoms with Gasteiger partial charge in [0.05, 0.1) is 0 Å². The van der Waals surface area contributed by atoms with Crippen LogP contribution in [0, 0.1) is 0 Å². The number of carbonyl (C=O) groups excluding carboxylic acids is 1. The van der Waals surface area contributed by atoms with Crippen molar-refractivity contribution in [3.8, 4) is 5.75 Å². The Bertz CT molecular complexity index is 497. The first kappa shape index (κ1) is 18.8. The van der Waals surface area contributed by atoms with E-state index >= 15 is 0 Å². The maximum atomic E-state index is 11.8. The summed E-state index contributed by atoms with van der Waals surface area (Å²) in [4.78, 5) is 11.8. The second-order valence-corrected chi connectivity index (χ2v) is 7.80. The van der Waals surface area contributed by atoms with E-state index in [4.69, 9.17) is 4.74 Å². The molecule has 0 unspecified atom stereocenters. The lowest BCUT2D eigenvalue weighted by molar-refractivity contribution is -0.124. The first-order valence-electron chi connectivity index (χ1n) is 9.18. The maximum absolute atomic E-state index is 11.8. The molecule has 0 radical (unpaired) electrons. The first-order chi connectivity index (χ1) is 11.4. The number of rotatable bonds is 6. The molecule has 0 bridgehead atoms. The Labute approximate surface area is 146 Å². The Hall–Kier alpha value is -1.55. The van der Waals surface area contributed by atoms with E-state index in [1.54, 1.807) is 0 Å². The second kappa shape index (κ2) is 9.07. The quantitative estimate of drug-likeness (QED) is 0.779. The fourth-order valence-corrected chi connectivity index (χ4v) is 3.05. The number of nitrogens with one attached hydrogen (secondary N) is 2. The molecular formula is C20H32N2O2. The Morgan fingerprint density at radius 3 is 2.29 bits per heavy atom. The zero-order valence-electron chi connectivity index (χ0n) is 15.4. The van der Waals surface area contributed by atoms with E-state index in [-0.39, 0.29) is 18.1 Å². The van der Waals surface area contributed by atoms with Crippen LogP contribution in [0.3, 0.4) is 0 Å². The Kier molecular flexibility index (Phi) is 7.10. The fourth-order valence-electron chi connectivity index (χ4n) is 3.05. The minimum absolute atomic E-state index is 0.0525. The van der Waals surface area contributed by atoms with Gasteiger partial charge in [0.25, 0.3) is 5.91 Å². The number of ether oxygens (including phenoxy) is 1. The van der Waals surface area contributed by atoms with Gasteiger partial charge in [0.1, 0.15) is 5.75 Å². The molecule has 4 nitrogen and oxygen atoms in total. The molecule has 0 aromatic heterocycles. The van der Waals surface area contributed by atoms with Gasteiger partial charge in [0.2, 0.25) is 0 Å². The number of hydrogen-bond donors (Lipinski definition) is 2. The Morgan fingerprint density at radius 1 is 1.08 bits per heavy atom. The molecule has 1 aromatic rings. The summed E-state index contributed by atoms with van der Waals surface area (Å²) in [5.41, 5.74) is 1.03. The van der Waals surface area contributed by atoms with Crippen LogP contribution in [0.4, 0.5) is 0 Å². The Balaban J connectivity index is 1.73. The monoisotopic (exact) mass is 332 g/mol. The zero-order valence-corrected chi connectivity index (χ0v) is 15.4. The summed E-state index contributed by atoms with van der Waals surface area (Å²) < 4.78 is 5.55. The average molecular weight is 332 g/mol. The van der Waals surface area contributed by atoms with Crippen LogP contribution in [0.1, 0.15) is 64.9 Å². The van der Waals surface area contributed by atoms with Gasteiger partial charge in [-0.1, -0.05) is 37.8 Å². The number of carbonyl (C=O) groups is 1. The van der Waals surface area contributed by atoms with Crippen molar-refractivity contribution in [2.24, 2.45) is 0 Å². The highest BCUT2D eigenvalue weighted by atomic mass is 16.5. The summed E-state index contributed by atoms with van der Waals surface area (Å²) in [5.74, 6) is 0.638. The van der Waals surface area contributed by atoms with Crippen molar-refractivity contribution in [2.75, 3.05) is 6.61 Å². The molecule has 0 spiro atoms. The molecule has 0 atom stereocenters. The van der Waals surface area contributed by atoms with Crippen LogP contribution in [0.5, 0.6) is 5.75 Å². The number of amides is 1. The van der Waals surface area contributed by atoms with E-state index in [1.807, 2.05) is 32.9 Å². The third-order valence-electron chi connectivity index (χ3n) is 4.26. The predicted molar refractivity (Wildman–Crippen MR) is 98.2 cm³/mol. The van der Waals surface area contributed by atoms with Gasteiger partial charge in [-0.2, -0.15) is 0 Å². The van der Waals surface area contributed by atoms with Crippen molar-refractivity contribution in [3.63, 3.8) is 0 Å². The van der Waals surface area contributed by atoms with Gasteiger partial charge in [-0.25, -0.2) is 0 Å². The van der Waals surface area contributed by atoms with Crippen LogP contribution in [-0.4, -0.2) is 24.1 Å². The molecule has 1 amide bonds. The van der Waals surface area contributed by atoms with Crippen LogP contribution in [0.15, 0.2) is 24.3 Å². The second-order valence-electron chi connectivity index (χ2n) is 7.80. The molecule has 0 heterocycles. The summed E-state index contributed by atoms with van der Waals surface area (Å²) in [7, 11) is 0. The largest absolute Gasteiger partial charge is 0.484 e. The number of hydrogen-bond acceptors (Lipinski definition) is 3. The smallest absolute Gasteiger partial charge is 0.258 e. The molecule has 0 saturated heterocycles. The van der Waals surface area contributed by atoms with Crippen molar-refractivity contribution in [1.29, 1.82) is 0 Å². The van der Waals surface area contributed by atoms with E-state index in [1.165, 1.54) is 44.1 Å². The van der Waals surface area contributed by atoms with Gasteiger partial charge in [0, 0.05) is 18.1 Å². The van der Waals surface area contributed by atoms with Crippen molar-refractivity contribution >= 4 is 5.91 Å². The van der Waals surface area contributed by atoms with Crippen molar-refractivity contribution in [1.82, 2.24) is 10.6 Å². The summed E-state index contributed by atoms with van der Waals surface area (Å²) in [6.07, 6.45) is 8.05. The lowest BCUT2D eigenvalue weighted by atomic mass is 10.1. The SMILES string of the molecule is CC(C)(C)NC(=O)COc1ccc(CNC2CCCCCC2)cc1. The topological polar surface area (TPSA) is 50.4 Å². The first-order valence-corrected chi connectivity index (χ1v) is 9.18. The summed E-state index contributed by atoms with van der Waals surface area (Å²) >= 11 is 0. The van der Waals surface area contributed by atoms with E-state index in [0.29, 0.717) is 6.04 Å². The zero-order chi connectivity index (χ0) is 17.4. The van der Waals surface area contributed by atoms with E-state index in [0.717, 1.165) is 12.3 Å². The van der Waals surface area contributed by atoms with Gasteiger partial charge in [0.15, 0.2) is 6.61 Å². The Morgan fingerprint density at radius 2 is 1.71 bits per heavy atom. The fraction of sp³-hybridized carbons (Fsp3) is 0.650. The minimum Gasteiger partial charge on any atom is -0.484 e. The molecule has 1 aromatic carbocycles. The standard InChI is InChI=1S/C20H32N2O2/c1-20(2,3)22-19(23)15-24-18-12-10-16(11-13-18)14-21-17-8-6-4-5-7-9-17/h10-13,17,21H,4-9,14-15H2,1-3H3,(H,22,23). The van der Waals surface area contributed by atoms with E-state index in [9.17, 15) is 4.79 Å². The molecular weight excluding hydrogens is 300 g/mol. The van der Waals surface area contributed by atoms with Crippen molar-refractivity contribution < 1.29 is 9.53 Å². The summed E-state index contributed by atoms with van der Waals surface area (Å²) in [6.45, 7) is 6.83. The summed E-state index contributed by atoms with van der Waals surface area (Å²) in [5, 5.41) is 6.56. The third kappa shape index (κ3) is 7.35. The molecule has 1 fully saturated rings. The third-order valence-corrected chi connectivity index (χ3v) is 4.26. The molecule has 2 rings (SSSR count). The summed E-state index contributed by atoms with van der Waals surface area (Å²) in [6, 6.07) is 8.68. The van der Waals surface area contributed by atoms with Crippen LogP contribution in [0.25, 0.3) is 0 Å². The van der Waals surface area contributed by atoms with Crippen LogP contribution < -0.4 is 15.4 Å². The molecule has 1 aliphatic rings. The van der Waals surface area contributed by atoms with Gasteiger partial charge in [-0.05, 0) is 51.3 Å². The van der Waals surface area contributed by atoms with E-state index < -0.39 is 0 Å². The normalized spacial score (nSPS) is 16.5. The van der Waals surface area contributed by atoms with Gasteiger partial charge >= 0.3 is 0 Å². The van der Waals surface area contributed by atoms with Crippen molar-refractivity contribution in [3.05, 3.63) is 29.8 Å². The molecule has 4 heteroatoms. The van der Waals surface area contributed by atoms with E-state index in [2.05, 4.69) is 22.8 Å².